The molecule has 1 aliphatic rings. The van der Waals surface area contributed by atoms with Gasteiger partial charge in [0, 0.05) is 10.2 Å². The van der Waals surface area contributed by atoms with Gasteiger partial charge in [0.05, 0.1) is 25.6 Å². The number of esters is 1. The monoisotopic (exact) mass is 311 g/mol. The number of carbonyl (C=O) groups is 3. The summed E-state index contributed by atoms with van der Waals surface area (Å²) in [6, 6.07) is 4.86. The molecule has 1 fully saturated rings. The van der Waals surface area contributed by atoms with Crippen molar-refractivity contribution in [1.82, 2.24) is 0 Å². The van der Waals surface area contributed by atoms with Crippen LogP contribution in [0.25, 0.3) is 0 Å². The Labute approximate surface area is 112 Å². The first-order valence-electron chi connectivity index (χ1n) is 5.23. The lowest BCUT2D eigenvalue weighted by Crippen LogP contribution is -2.24. The molecule has 1 aromatic carbocycles. The Hall–Kier alpha value is -1.69. The van der Waals surface area contributed by atoms with E-state index in [1.54, 1.807) is 12.1 Å². The Morgan fingerprint density at radius 2 is 2.11 bits per heavy atom. The minimum atomic E-state index is -0.498. The Morgan fingerprint density at radius 1 is 1.39 bits per heavy atom. The Balaban J connectivity index is 2.38. The number of hydrogen-bond acceptors (Lipinski definition) is 4. The zero-order valence-electron chi connectivity index (χ0n) is 9.60. The smallest absolute Gasteiger partial charge is 0.339 e. The number of ether oxygens (including phenoxy) is 1. The van der Waals surface area contributed by atoms with Crippen molar-refractivity contribution in [3.63, 3.8) is 0 Å². The van der Waals surface area contributed by atoms with E-state index in [-0.39, 0.29) is 24.7 Å². The van der Waals surface area contributed by atoms with Gasteiger partial charge in [-0.1, -0.05) is 0 Å². The molecule has 94 valence electrons. The number of methoxy groups -OCH3 is 1. The second-order valence-corrected chi connectivity index (χ2v) is 4.71. The average Bonchev–Trinajstić information content (AvgIpc) is 2.68. The predicted octanol–water partition coefficient (Wildman–Crippen LogP) is 1.54. The summed E-state index contributed by atoms with van der Waals surface area (Å²) in [5, 5.41) is 0. The number of Topliss-reactive ketones (excluding diaryl/α,β-unsaturated/α-hetero) is 1. The summed E-state index contributed by atoms with van der Waals surface area (Å²) in [4.78, 5) is 35.7. The van der Waals surface area contributed by atoms with Crippen molar-refractivity contribution in [2.45, 2.75) is 6.42 Å². The lowest BCUT2D eigenvalue weighted by Gasteiger charge is -2.16. The number of hydrogen-bond donors (Lipinski definition) is 0. The van der Waals surface area contributed by atoms with E-state index in [0.717, 1.165) is 0 Å². The highest BCUT2D eigenvalue weighted by atomic mass is 79.9. The fourth-order valence-corrected chi connectivity index (χ4v) is 2.18. The Kier molecular flexibility index (Phi) is 3.47. The van der Waals surface area contributed by atoms with Crippen LogP contribution < -0.4 is 4.90 Å². The summed E-state index contributed by atoms with van der Waals surface area (Å²) >= 11 is 3.24. The molecule has 5 nitrogen and oxygen atoms in total. The zero-order valence-corrected chi connectivity index (χ0v) is 11.2. The van der Waals surface area contributed by atoms with E-state index in [9.17, 15) is 14.4 Å². The maximum atomic E-state index is 11.6. The highest BCUT2D eigenvalue weighted by molar-refractivity contribution is 9.10. The first-order valence-corrected chi connectivity index (χ1v) is 6.02. The molecule has 0 saturated carbocycles. The van der Waals surface area contributed by atoms with Crippen LogP contribution in [0.5, 0.6) is 0 Å². The fourth-order valence-electron chi connectivity index (χ4n) is 1.77. The lowest BCUT2D eigenvalue weighted by molar-refractivity contribution is -0.121. The van der Waals surface area contributed by atoms with E-state index in [4.69, 9.17) is 0 Å². The molecular weight excluding hydrogens is 302 g/mol. The molecule has 0 atom stereocenters. The molecule has 0 bridgehead atoms. The van der Waals surface area contributed by atoms with Crippen LogP contribution in [0.15, 0.2) is 22.7 Å². The van der Waals surface area contributed by atoms with Crippen molar-refractivity contribution in [3.05, 3.63) is 28.2 Å². The van der Waals surface area contributed by atoms with E-state index in [1.165, 1.54) is 18.1 Å². The summed E-state index contributed by atoms with van der Waals surface area (Å²) in [5.74, 6) is -0.873. The third-order valence-electron chi connectivity index (χ3n) is 2.65. The van der Waals surface area contributed by atoms with Gasteiger partial charge in [0.2, 0.25) is 5.91 Å². The van der Waals surface area contributed by atoms with Crippen LogP contribution in [0.4, 0.5) is 5.69 Å². The number of carbonyl (C=O) groups excluding carboxylic acids is 3. The summed E-state index contributed by atoms with van der Waals surface area (Å²) < 4.78 is 5.22. The number of nitrogens with zero attached hydrogens (tertiary/aromatic N) is 1. The number of amides is 1. The van der Waals surface area contributed by atoms with Gasteiger partial charge in [-0.15, -0.1) is 0 Å². The lowest BCUT2D eigenvalue weighted by atomic mass is 10.2. The molecule has 0 unspecified atom stereocenters. The zero-order chi connectivity index (χ0) is 13.3. The number of ketones is 1. The van der Waals surface area contributed by atoms with Crippen molar-refractivity contribution in [3.8, 4) is 0 Å². The van der Waals surface area contributed by atoms with Crippen LogP contribution in [0.2, 0.25) is 0 Å². The molecule has 0 aromatic heterocycles. The molecule has 1 heterocycles. The van der Waals surface area contributed by atoms with Crippen LogP contribution in [-0.4, -0.2) is 31.3 Å². The van der Waals surface area contributed by atoms with Gasteiger partial charge in [0.1, 0.15) is 0 Å². The average molecular weight is 312 g/mol. The third kappa shape index (κ3) is 2.28. The first-order chi connectivity index (χ1) is 8.52. The molecule has 1 aliphatic heterocycles. The third-order valence-corrected chi connectivity index (χ3v) is 3.34. The Morgan fingerprint density at radius 3 is 2.67 bits per heavy atom. The maximum absolute atomic E-state index is 11.6. The van der Waals surface area contributed by atoms with Gasteiger partial charge in [-0.05, 0) is 34.1 Å². The Bertz CT molecular complexity index is 541. The number of halogens is 1. The van der Waals surface area contributed by atoms with Gasteiger partial charge in [0.15, 0.2) is 5.78 Å². The number of rotatable bonds is 2. The van der Waals surface area contributed by atoms with Crippen LogP contribution in [0, 0.1) is 0 Å². The second kappa shape index (κ2) is 4.89. The minimum Gasteiger partial charge on any atom is -0.465 e. The van der Waals surface area contributed by atoms with Crippen molar-refractivity contribution in [2.75, 3.05) is 18.6 Å². The molecule has 18 heavy (non-hydrogen) atoms. The van der Waals surface area contributed by atoms with Crippen LogP contribution in [0.1, 0.15) is 16.8 Å². The van der Waals surface area contributed by atoms with Gasteiger partial charge in [-0.2, -0.15) is 0 Å². The van der Waals surface area contributed by atoms with Crippen molar-refractivity contribution in [2.24, 2.45) is 0 Å². The molecule has 0 spiro atoms. The molecule has 6 heteroatoms. The van der Waals surface area contributed by atoms with Gasteiger partial charge in [-0.3, -0.25) is 9.59 Å². The number of benzene rings is 1. The summed E-state index contributed by atoms with van der Waals surface area (Å²) in [5.41, 5.74) is 0.844. The molecule has 0 N–H and O–H groups in total. The van der Waals surface area contributed by atoms with E-state index >= 15 is 0 Å². The van der Waals surface area contributed by atoms with Gasteiger partial charge < -0.3 is 9.64 Å². The molecule has 0 radical (unpaired) electrons. The molecule has 1 saturated heterocycles. The summed E-state index contributed by atoms with van der Waals surface area (Å²) in [7, 11) is 1.28. The fraction of sp³-hybridized carbons (Fsp3) is 0.250. The molecule has 1 aromatic rings. The molecule has 2 rings (SSSR count). The van der Waals surface area contributed by atoms with Gasteiger partial charge >= 0.3 is 5.97 Å². The second-order valence-electron chi connectivity index (χ2n) is 3.85. The quantitative estimate of drug-likeness (QED) is 0.614. The normalized spacial score (nSPS) is 15.1. The molecule has 1 amide bonds. The predicted molar refractivity (Wildman–Crippen MR) is 67.5 cm³/mol. The topological polar surface area (TPSA) is 63.7 Å². The van der Waals surface area contributed by atoms with E-state index in [1.807, 2.05) is 0 Å². The van der Waals surface area contributed by atoms with Crippen molar-refractivity contribution < 1.29 is 19.1 Å². The van der Waals surface area contributed by atoms with Crippen LogP contribution in [0.3, 0.4) is 0 Å². The van der Waals surface area contributed by atoms with Crippen LogP contribution >= 0.6 is 15.9 Å². The minimum absolute atomic E-state index is 0.0566. The van der Waals surface area contributed by atoms with E-state index in [0.29, 0.717) is 15.7 Å². The van der Waals surface area contributed by atoms with Crippen LogP contribution in [-0.2, 0) is 14.3 Å². The van der Waals surface area contributed by atoms with Crippen molar-refractivity contribution >= 4 is 39.3 Å². The first kappa shape index (κ1) is 12.8. The van der Waals surface area contributed by atoms with E-state index < -0.39 is 5.97 Å². The molecule has 0 aliphatic carbocycles. The highest BCUT2D eigenvalue weighted by Crippen LogP contribution is 2.26. The largest absolute Gasteiger partial charge is 0.465 e. The van der Waals surface area contributed by atoms with E-state index in [2.05, 4.69) is 20.7 Å². The van der Waals surface area contributed by atoms with Crippen molar-refractivity contribution in [1.29, 1.82) is 0 Å². The SMILES string of the molecule is COC(=O)c1cc(N2CC(=O)CC2=O)ccc1Br. The maximum Gasteiger partial charge on any atom is 0.339 e. The standard InChI is InChI=1S/C12H10BrNO4/c1-18-12(17)9-4-7(2-3-10(9)13)14-6-8(15)5-11(14)16/h2-4H,5-6H2,1H3. The van der Waals surface area contributed by atoms with Gasteiger partial charge in [-0.25, -0.2) is 4.79 Å². The highest BCUT2D eigenvalue weighted by Gasteiger charge is 2.29. The summed E-state index contributed by atoms with van der Waals surface area (Å²) in [6.07, 6.45) is -0.0797. The number of anilines is 1. The molecular formula is C12H10BrNO4. The van der Waals surface area contributed by atoms with Gasteiger partial charge in [0.25, 0.3) is 0 Å². The summed E-state index contributed by atoms with van der Waals surface area (Å²) in [6.45, 7) is 0.0566.